The fourth-order valence-corrected chi connectivity index (χ4v) is 2.05. The van der Waals surface area contributed by atoms with Crippen molar-refractivity contribution in [3.05, 3.63) is 29.8 Å². The SMILES string of the molecule is CCC(C)Oc1ccc(C(=O)NC(CN)CC(C)C)cc1.Cl. The molecule has 4 nitrogen and oxygen atoms in total. The average Bonchev–Trinajstić information content (AvgIpc) is 2.46. The molecule has 2 unspecified atom stereocenters. The van der Waals surface area contributed by atoms with Crippen molar-refractivity contribution < 1.29 is 9.53 Å². The first-order valence-electron chi connectivity index (χ1n) is 7.73. The quantitative estimate of drug-likeness (QED) is 0.768. The summed E-state index contributed by atoms with van der Waals surface area (Å²) in [5, 5.41) is 2.98. The minimum atomic E-state index is -0.0822. The maximum Gasteiger partial charge on any atom is 0.251 e. The number of hydrogen-bond acceptors (Lipinski definition) is 3. The van der Waals surface area contributed by atoms with Gasteiger partial charge in [-0.2, -0.15) is 0 Å². The zero-order valence-electron chi connectivity index (χ0n) is 14.0. The van der Waals surface area contributed by atoms with E-state index in [1.165, 1.54) is 0 Å². The van der Waals surface area contributed by atoms with Crippen LogP contribution in [0, 0.1) is 5.92 Å². The molecule has 0 saturated carbocycles. The lowest BCUT2D eigenvalue weighted by Gasteiger charge is -2.19. The molecule has 22 heavy (non-hydrogen) atoms. The van der Waals surface area contributed by atoms with Crippen LogP contribution >= 0.6 is 12.4 Å². The zero-order chi connectivity index (χ0) is 15.8. The second kappa shape index (κ2) is 10.5. The minimum absolute atomic E-state index is 0. The Hall–Kier alpha value is -1.26. The Labute approximate surface area is 140 Å². The van der Waals surface area contributed by atoms with Gasteiger partial charge >= 0.3 is 0 Å². The van der Waals surface area contributed by atoms with E-state index in [1.807, 2.05) is 19.1 Å². The highest BCUT2D eigenvalue weighted by Crippen LogP contribution is 2.15. The van der Waals surface area contributed by atoms with Crippen LogP contribution in [0.4, 0.5) is 0 Å². The van der Waals surface area contributed by atoms with Crippen molar-refractivity contribution in [2.45, 2.75) is 52.7 Å². The second-order valence-corrected chi connectivity index (χ2v) is 5.90. The molecule has 1 aromatic carbocycles. The first kappa shape index (κ1) is 20.7. The van der Waals surface area contributed by atoms with Gasteiger partial charge in [0.15, 0.2) is 0 Å². The van der Waals surface area contributed by atoms with E-state index in [1.54, 1.807) is 12.1 Å². The van der Waals surface area contributed by atoms with E-state index < -0.39 is 0 Å². The van der Waals surface area contributed by atoms with Crippen molar-refractivity contribution in [1.82, 2.24) is 5.32 Å². The van der Waals surface area contributed by atoms with Crippen molar-refractivity contribution in [2.75, 3.05) is 6.54 Å². The third kappa shape index (κ3) is 7.14. The van der Waals surface area contributed by atoms with Gasteiger partial charge in [-0.05, 0) is 49.9 Å². The maximum atomic E-state index is 12.2. The lowest BCUT2D eigenvalue weighted by atomic mass is 10.0. The van der Waals surface area contributed by atoms with Gasteiger partial charge in [0, 0.05) is 18.2 Å². The summed E-state index contributed by atoms with van der Waals surface area (Å²) >= 11 is 0. The first-order valence-corrected chi connectivity index (χ1v) is 7.73. The van der Waals surface area contributed by atoms with Gasteiger partial charge in [-0.1, -0.05) is 20.8 Å². The lowest BCUT2D eigenvalue weighted by Crippen LogP contribution is -2.41. The maximum absolute atomic E-state index is 12.2. The smallest absolute Gasteiger partial charge is 0.251 e. The number of carbonyl (C=O) groups excluding carboxylic acids is 1. The molecule has 0 aliphatic carbocycles. The minimum Gasteiger partial charge on any atom is -0.491 e. The number of hydrogen-bond donors (Lipinski definition) is 2. The molecule has 1 amide bonds. The summed E-state index contributed by atoms with van der Waals surface area (Å²) in [4.78, 5) is 12.2. The summed E-state index contributed by atoms with van der Waals surface area (Å²) in [6.45, 7) is 8.80. The molecule has 0 bridgehead atoms. The Bertz CT molecular complexity index is 435. The monoisotopic (exact) mass is 328 g/mol. The molecule has 5 heteroatoms. The number of rotatable bonds is 8. The van der Waals surface area contributed by atoms with Gasteiger partial charge in [0.05, 0.1) is 6.10 Å². The van der Waals surface area contributed by atoms with Gasteiger partial charge < -0.3 is 15.8 Å². The summed E-state index contributed by atoms with van der Waals surface area (Å²) in [5.41, 5.74) is 6.34. The number of amides is 1. The van der Waals surface area contributed by atoms with Crippen molar-refractivity contribution in [3.63, 3.8) is 0 Å². The van der Waals surface area contributed by atoms with E-state index in [4.69, 9.17) is 10.5 Å². The van der Waals surface area contributed by atoms with E-state index in [0.29, 0.717) is 18.0 Å². The average molecular weight is 329 g/mol. The summed E-state index contributed by atoms with van der Waals surface area (Å²) < 4.78 is 5.70. The Morgan fingerprint density at radius 1 is 1.23 bits per heavy atom. The number of carbonyl (C=O) groups is 1. The Balaban J connectivity index is 0.00000441. The van der Waals surface area contributed by atoms with Gasteiger partial charge in [0.25, 0.3) is 5.91 Å². The Morgan fingerprint density at radius 2 is 1.82 bits per heavy atom. The summed E-state index contributed by atoms with van der Waals surface area (Å²) in [6.07, 6.45) is 2.02. The molecule has 0 fully saturated rings. The van der Waals surface area contributed by atoms with E-state index >= 15 is 0 Å². The normalized spacial score (nSPS) is 13.2. The Kier molecular flexibility index (Phi) is 9.86. The van der Waals surface area contributed by atoms with Crippen LogP contribution in [0.5, 0.6) is 5.75 Å². The molecule has 0 spiro atoms. The largest absolute Gasteiger partial charge is 0.491 e. The van der Waals surface area contributed by atoms with E-state index in [9.17, 15) is 4.79 Å². The molecule has 0 radical (unpaired) electrons. The molecule has 0 aromatic heterocycles. The van der Waals surface area contributed by atoms with Crippen LogP contribution in [0.15, 0.2) is 24.3 Å². The standard InChI is InChI=1S/C17H28N2O2.ClH/c1-5-13(4)21-16-8-6-14(7-9-16)17(20)19-15(11-18)10-12(2)3;/h6-9,12-13,15H,5,10-11,18H2,1-4H3,(H,19,20);1H. The lowest BCUT2D eigenvalue weighted by molar-refractivity contribution is 0.0933. The van der Waals surface area contributed by atoms with Gasteiger partial charge in [-0.15, -0.1) is 12.4 Å². The van der Waals surface area contributed by atoms with Gasteiger partial charge in [0.1, 0.15) is 5.75 Å². The molecule has 0 saturated heterocycles. The van der Waals surface area contributed by atoms with Crippen molar-refractivity contribution >= 4 is 18.3 Å². The van der Waals surface area contributed by atoms with Crippen LogP contribution in [-0.2, 0) is 0 Å². The first-order chi connectivity index (χ1) is 9.96. The summed E-state index contributed by atoms with van der Waals surface area (Å²) in [6, 6.07) is 7.27. The molecule has 0 heterocycles. The predicted octanol–water partition coefficient (Wildman–Crippen LogP) is 3.39. The molecule has 0 aliphatic heterocycles. The molecule has 1 aromatic rings. The summed E-state index contributed by atoms with van der Waals surface area (Å²) in [5.74, 6) is 1.21. The molecular weight excluding hydrogens is 300 g/mol. The summed E-state index contributed by atoms with van der Waals surface area (Å²) in [7, 11) is 0. The van der Waals surface area contributed by atoms with Crippen molar-refractivity contribution in [1.29, 1.82) is 0 Å². The van der Waals surface area contributed by atoms with Crippen LogP contribution in [0.25, 0.3) is 0 Å². The molecule has 0 aliphatic rings. The van der Waals surface area contributed by atoms with Crippen LogP contribution in [-0.4, -0.2) is 24.6 Å². The predicted molar refractivity (Wildman–Crippen MR) is 93.8 cm³/mol. The highest BCUT2D eigenvalue weighted by Gasteiger charge is 2.14. The van der Waals surface area contributed by atoms with Crippen LogP contribution in [0.1, 0.15) is 50.9 Å². The fourth-order valence-electron chi connectivity index (χ4n) is 2.05. The number of nitrogens with one attached hydrogen (secondary N) is 1. The highest BCUT2D eigenvalue weighted by molar-refractivity contribution is 5.94. The van der Waals surface area contributed by atoms with Crippen LogP contribution in [0.3, 0.4) is 0 Å². The van der Waals surface area contributed by atoms with Gasteiger partial charge in [-0.3, -0.25) is 4.79 Å². The molecular formula is C17H29ClN2O2. The highest BCUT2D eigenvalue weighted by atomic mass is 35.5. The van der Waals surface area contributed by atoms with E-state index in [2.05, 4.69) is 26.1 Å². The number of halogens is 1. The van der Waals surface area contributed by atoms with Gasteiger partial charge in [-0.25, -0.2) is 0 Å². The number of benzene rings is 1. The molecule has 126 valence electrons. The van der Waals surface area contributed by atoms with Gasteiger partial charge in [0.2, 0.25) is 0 Å². The van der Waals surface area contributed by atoms with Crippen LogP contribution < -0.4 is 15.8 Å². The number of ether oxygens (including phenoxy) is 1. The third-order valence-corrected chi connectivity index (χ3v) is 3.40. The topological polar surface area (TPSA) is 64.3 Å². The molecule has 3 N–H and O–H groups in total. The fraction of sp³-hybridized carbons (Fsp3) is 0.588. The van der Waals surface area contributed by atoms with Crippen molar-refractivity contribution in [2.24, 2.45) is 11.7 Å². The third-order valence-electron chi connectivity index (χ3n) is 3.40. The zero-order valence-corrected chi connectivity index (χ0v) is 14.8. The molecule has 2 atom stereocenters. The Morgan fingerprint density at radius 3 is 2.27 bits per heavy atom. The van der Waals surface area contributed by atoms with Crippen LogP contribution in [0.2, 0.25) is 0 Å². The second-order valence-electron chi connectivity index (χ2n) is 5.90. The van der Waals surface area contributed by atoms with E-state index in [-0.39, 0.29) is 30.5 Å². The molecule has 1 rings (SSSR count). The van der Waals surface area contributed by atoms with E-state index in [0.717, 1.165) is 18.6 Å². The van der Waals surface area contributed by atoms with Crippen molar-refractivity contribution in [3.8, 4) is 5.75 Å². The number of nitrogens with two attached hydrogens (primary N) is 1.